The maximum absolute atomic E-state index is 2.60. The van der Waals surface area contributed by atoms with Gasteiger partial charge < -0.3 is 4.90 Å². The van der Waals surface area contributed by atoms with E-state index < -0.39 is 0 Å². The second-order valence-electron chi connectivity index (χ2n) is 5.65. The first-order chi connectivity index (χ1) is 7.81. The second-order valence-corrected chi connectivity index (χ2v) is 5.65. The predicted molar refractivity (Wildman–Crippen MR) is 75.0 cm³/mol. The van der Waals surface area contributed by atoms with Crippen LogP contribution >= 0.6 is 0 Å². The van der Waals surface area contributed by atoms with Gasteiger partial charge in [0, 0.05) is 19.6 Å². The van der Waals surface area contributed by atoms with Crippen LogP contribution in [-0.4, -0.2) is 24.5 Å². The molecule has 0 aromatic heterocycles. The lowest BCUT2D eigenvalue weighted by Crippen LogP contribution is -2.47. The fourth-order valence-corrected chi connectivity index (χ4v) is 3.18. The third kappa shape index (κ3) is 2.71. The molecular weight excluding hydrogens is 206 g/mol. The van der Waals surface area contributed by atoms with Crippen molar-refractivity contribution in [2.24, 2.45) is 11.8 Å². The van der Waals surface area contributed by atoms with Crippen molar-refractivity contribution in [1.29, 1.82) is 0 Å². The lowest BCUT2D eigenvalue weighted by Gasteiger charge is -2.39. The molecule has 1 fully saturated rings. The Morgan fingerprint density at radius 2 is 2.12 bits per heavy atom. The van der Waals surface area contributed by atoms with Crippen molar-refractivity contribution < 1.29 is 0 Å². The number of likely N-dealkylation sites (tertiary alicyclic amines) is 1. The Kier molecular flexibility index (Phi) is 3.88. The fourth-order valence-electron chi connectivity index (χ4n) is 3.18. The van der Waals surface area contributed by atoms with Gasteiger partial charge in [0.15, 0.2) is 0 Å². The van der Waals surface area contributed by atoms with Gasteiger partial charge in [0.25, 0.3) is 0 Å². The molecule has 1 nitrogen and oxygen atoms in total. The van der Waals surface area contributed by atoms with E-state index in [0.29, 0.717) is 0 Å². The maximum atomic E-state index is 2.60. The van der Waals surface area contributed by atoms with Crippen LogP contribution < -0.4 is 0 Å². The van der Waals surface area contributed by atoms with Gasteiger partial charge in [-0.25, -0.2) is 0 Å². The molecule has 0 amide bonds. The molecule has 3 aliphatic rings. The zero-order chi connectivity index (χ0) is 11.0. The standard InChI is InChI=1S/C15H21N.CH4/c1-12-9-16(10-12)11-13-6-7-14-4-2-3-5-15(14)8-13;/h2,4,6-7,12-13H,3,5,8-11H2,1H3;1H4. The summed E-state index contributed by atoms with van der Waals surface area (Å²) in [6.45, 7) is 6.26. The Morgan fingerprint density at radius 3 is 2.88 bits per heavy atom. The van der Waals surface area contributed by atoms with Crippen LogP contribution in [0.5, 0.6) is 0 Å². The van der Waals surface area contributed by atoms with Crippen LogP contribution in [0.15, 0.2) is 35.5 Å². The van der Waals surface area contributed by atoms with Crippen LogP contribution in [0.1, 0.15) is 33.6 Å². The predicted octanol–water partition coefficient (Wildman–Crippen LogP) is 3.80. The van der Waals surface area contributed by atoms with E-state index in [1.807, 2.05) is 0 Å². The SMILES string of the molecule is C.CC1CN(CC2C=CC3=C(CCC=C3)C2)C1. The van der Waals surface area contributed by atoms with Crippen LogP contribution in [0.3, 0.4) is 0 Å². The van der Waals surface area contributed by atoms with Gasteiger partial charge in [-0.3, -0.25) is 0 Å². The van der Waals surface area contributed by atoms with Crippen LogP contribution in [0.4, 0.5) is 0 Å². The van der Waals surface area contributed by atoms with E-state index in [4.69, 9.17) is 0 Å². The van der Waals surface area contributed by atoms with Crippen molar-refractivity contribution in [3.05, 3.63) is 35.5 Å². The molecule has 2 aliphatic carbocycles. The molecule has 1 atom stereocenters. The molecule has 1 aliphatic heterocycles. The topological polar surface area (TPSA) is 3.24 Å². The number of hydrogen-bond donors (Lipinski definition) is 0. The maximum Gasteiger partial charge on any atom is 0.00478 e. The molecule has 94 valence electrons. The molecule has 1 saturated heterocycles. The molecule has 1 unspecified atom stereocenters. The van der Waals surface area contributed by atoms with Crippen molar-refractivity contribution >= 4 is 0 Å². The Labute approximate surface area is 106 Å². The van der Waals surface area contributed by atoms with Crippen molar-refractivity contribution in [3.8, 4) is 0 Å². The highest BCUT2D eigenvalue weighted by atomic mass is 15.2. The molecule has 3 rings (SSSR count). The number of nitrogens with zero attached hydrogens (tertiary/aromatic N) is 1. The molecule has 1 heteroatoms. The van der Waals surface area contributed by atoms with E-state index in [-0.39, 0.29) is 7.43 Å². The quantitative estimate of drug-likeness (QED) is 0.699. The Balaban J connectivity index is 0.00000108. The largest absolute Gasteiger partial charge is 0.302 e. The van der Waals surface area contributed by atoms with Crippen molar-refractivity contribution in [2.75, 3.05) is 19.6 Å². The van der Waals surface area contributed by atoms with Gasteiger partial charge in [-0.05, 0) is 36.7 Å². The van der Waals surface area contributed by atoms with Crippen LogP contribution in [-0.2, 0) is 0 Å². The summed E-state index contributed by atoms with van der Waals surface area (Å²) in [5.41, 5.74) is 3.20. The summed E-state index contributed by atoms with van der Waals surface area (Å²) >= 11 is 0. The lowest BCUT2D eigenvalue weighted by molar-refractivity contribution is 0.0998. The number of allylic oxidation sites excluding steroid dienone is 5. The average Bonchev–Trinajstić information content (AvgIpc) is 2.27. The fraction of sp³-hybridized carbons (Fsp3) is 0.625. The average molecular weight is 231 g/mol. The van der Waals surface area contributed by atoms with E-state index in [1.54, 1.807) is 5.57 Å². The number of rotatable bonds is 2. The molecule has 0 saturated carbocycles. The minimum Gasteiger partial charge on any atom is -0.302 e. The van der Waals surface area contributed by atoms with Crippen LogP contribution in [0.2, 0.25) is 0 Å². The second kappa shape index (κ2) is 5.22. The van der Waals surface area contributed by atoms with Gasteiger partial charge in [-0.2, -0.15) is 0 Å². The van der Waals surface area contributed by atoms with E-state index in [1.165, 1.54) is 44.5 Å². The van der Waals surface area contributed by atoms with Gasteiger partial charge in [0.1, 0.15) is 0 Å². The molecule has 0 spiro atoms. The van der Waals surface area contributed by atoms with Crippen molar-refractivity contribution in [1.82, 2.24) is 4.90 Å². The normalized spacial score (nSPS) is 28.6. The van der Waals surface area contributed by atoms with Gasteiger partial charge in [-0.1, -0.05) is 44.2 Å². The molecular formula is C16H25N. The summed E-state index contributed by atoms with van der Waals surface area (Å²) in [5, 5.41) is 0. The Morgan fingerprint density at radius 1 is 1.29 bits per heavy atom. The summed E-state index contributed by atoms with van der Waals surface area (Å²) in [6, 6.07) is 0. The Hall–Kier alpha value is -0.820. The monoisotopic (exact) mass is 231 g/mol. The number of hydrogen-bond acceptors (Lipinski definition) is 1. The zero-order valence-corrected chi connectivity index (χ0v) is 10.2. The molecule has 0 aromatic carbocycles. The summed E-state index contributed by atoms with van der Waals surface area (Å²) in [4.78, 5) is 2.60. The first-order valence-corrected chi connectivity index (χ1v) is 6.60. The van der Waals surface area contributed by atoms with Gasteiger partial charge in [-0.15, -0.1) is 0 Å². The van der Waals surface area contributed by atoms with Gasteiger partial charge in [0.05, 0.1) is 0 Å². The van der Waals surface area contributed by atoms with E-state index in [9.17, 15) is 0 Å². The third-order valence-corrected chi connectivity index (χ3v) is 4.01. The molecule has 1 heterocycles. The van der Waals surface area contributed by atoms with Crippen LogP contribution in [0.25, 0.3) is 0 Å². The van der Waals surface area contributed by atoms with Crippen LogP contribution in [0, 0.1) is 11.8 Å². The van der Waals surface area contributed by atoms with E-state index in [2.05, 4.69) is 36.1 Å². The summed E-state index contributed by atoms with van der Waals surface area (Å²) < 4.78 is 0. The molecule has 0 N–H and O–H groups in total. The molecule has 0 bridgehead atoms. The highest BCUT2D eigenvalue weighted by molar-refractivity contribution is 5.41. The van der Waals surface area contributed by atoms with Crippen molar-refractivity contribution in [3.63, 3.8) is 0 Å². The molecule has 17 heavy (non-hydrogen) atoms. The smallest absolute Gasteiger partial charge is 0.00478 e. The van der Waals surface area contributed by atoms with Gasteiger partial charge >= 0.3 is 0 Å². The summed E-state index contributed by atoms with van der Waals surface area (Å²) in [7, 11) is 0. The Bertz CT molecular complexity index is 356. The third-order valence-electron chi connectivity index (χ3n) is 4.01. The molecule has 0 aromatic rings. The lowest BCUT2D eigenvalue weighted by atomic mass is 9.84. The zero-order valence-electron chi connectivity index (χ0n) is 10.2. The van der Waals surface area contributed by atoms with E-state index >= 15 is 0 Å². The molecule has 0 radical (unpaired) electrons. The highest BCUT2D eigenvalue weighted by Gasteiger charge is 2.25. The van der Waals surface area contributed by atoms with Crippen molar-refractivity contribution in [2.45, 2.75) is 33.6 Å². The highest BCUT2D eigenvalue weighted by Crippen LogP contribution is 2.32. The summed E-state index contributed by atoms with van der Waals surface area (Å²) in [5.74, 6) is 1.71. The summed E-state index contributed by atoms with van der Waals surface area (Å²) in [6.07, 6.45) is 13.2. The van der Waals surface area contributed by atoms with E-state index in [0.717, 1.165) is 11.8 Å². The first-order valence-electron chi connectivity index (χ1n) is 6.60. The first kappa shape index (κ1) is 12.6. The minimum atomic E-state index is 0. The minimum absolute atomic E-state index is 0. The van der Waals surface area contributed by atoms with Gasteiger partial charge in [0.2, 0.25) is 0 Å².